The fourth-order valence-electron chi connectivity index (χ4n) is 3.49. The van der Waals surface area contributed by atoms with Crippen molar-refractivity contribution < 1.29 is 14.3 Å². The number of ether oxygens (including phenoxy) is 1. The van der Waals surface area contributed by atoms with Crippen LogP contribution in [0, 0.1) is 5.92 Å². The van der Waals surface area contributed by atoms with E-state index in [0.29, 0.717) is 41.8 Å². The molecule has 1 saturated heterocycles. The van der Waals surface area contributed by atoms with Crippen LogP contribution in [-0.2, 0) is 4.79 Å². The van der Waals surface area contributed by atoms with Gasteiger partial charge in [0.25, 0.3) is 5.91 Å². The molecule has 1 N–H and O–H groups in total. The molecule has 0 saturated carbocycles. The number of carbonyl (C=O) groups excluding carboxylic acids is 2. The van der Waals surface area contributed by atoms with Crippen molar-refractivity contribution in [3.05, 3.63) is 59.1 Å². The van der Waals surface area contributed by atoms with Gasteiger partial charge in [0.2, 0.25) is 5.91 Å². The summed E-state index contributed by atoms with van der Waals surface area (Å²) in [6, 6.07) is 14.5. The van der Waals surface area contributed by atoms with E-state index in [0.717, 1.165) is 24.9 Å². The van der Waals surface area contributed by atoms with Crippen LogP contribution < -0.4 is 10.1 Å². The number of benzene rings is 2. The van der Waals surface area contributed by atoms with Crippen LogP contribution in [0.25, 0.3) is 0 Å². The Bertz CT molecular complexity index is 832. The molecule has 1 heterocycles. The highest BCUT2D eigenvalue weighted by molar-refractivity contribution is 6.33. The maximum Gasteiger partial charge on any atom is 0.255 e. The zero-order valence-electron chi connectivity index (χ0n) is 16.0. The van der Waals surface area contributed by atoms with Gasteiger partial charge in [-0.2, -0.15) is 0 Å². The lowest BCUT2D eigenvalue weighted by Gasteiger charge is -2.32. The molecule has 0 radical (unpaired) electrons. The Morgan fingerprint density at radius 2 is 1.89 bits per heavy atom. The molecule has 0 aliphatic carbocycles. The molecule has 1 aliphatic heterocycles. The normalized spacial score (nSPS) is 14.6. The Labute approximate surface area is 170 Å². The molecule has 5 nitrogen and oxygen atoms in total. The average molecular weight is 401 g/mol. The van der Waals surface area contributed by atoms with Gasteiger partial charge in [0.1, 0.15) is 5.75 Å². The zero-order chi connectivity index (χ0) is 19.9. The predicted octanol–water partition coefficient (Wildman–Crippen LogP) is 4.62. The highest BCUT2D eigenvalue weighted by Crippen LogP contribution is 2.25. The van der Waals surface area contributed by atoms with Crippen LogP contribution in [0.4, 0.5) is 5.69 Å². The maximum atomic E-state index is 12.6. The number of halogens is 1. The summed E-state index contributed by atoms with van der Waals surface area (Å²) in [5.41, 5.74) is 1.30. The Balaban J connectivity index is 1.43. The van der Waals surface area contributed by atoms with Gasteiger partial charge >= 0.3 is 0 Å². The average Bonchev–Trinajstić information content (AvgIpc) is 2.72. The quantitative estimate of drug-likeness (QED) is 0.769. The molecular weight excluding hydrogens is 376 g/mol. The summed E-state index contributed by atoms with van der Waals surface area (Å²) < 4.78 is 5.17. The standard InChI is InChI=1S/C22H25ClN2O3/c1-28-18-6-4-5-17(15-18)24-21(26)10-9-16-11-13-25(14-12-16)22(27)19-7-2-3-8-20(19)23/h2-8,15-16H,9-14H2,1H3,(H,24,26). The Morgan fingerprint density at radius 1 is 1.14 bits per heavy atom. The van der Waals surface area contributed by atoms with Crippen LogP contribution in [0.2, 0.25) is 5.02 Å². The van der Waals surface area contributed by atoms with E-state index in [1.807, 2.05) is 35.2 Å². The SMILES string of the molecule is COc1cccc(NC(=O)CCC2CCN(C(=O)c3ccccc3Cl)CC2)c1. The number of rotatable bonds is 6. The first kappa shape index (κ1) is 20.2. The minimum absolute atomic E-state index is 0.00262. The predicted molar refractivity (Wildman–Crippen MR) is 111 cm³/mol. The zero-order valence-corrected chi connectivity index (χ0v) is 16.7. The molecule has 2 aromatic carbocycles. The summed E-state index contributed by atoms with van der Waals surface area (Å²) in [5, 5.41) is 3.40. The first-order chi connectivity index (χ1) is 13.6. The van der Waals surface area contributed by atoms with E-state index in [2.05, 4.69) is 5.32 Å². The lowest BCUT2D eigenvalue weighted by molar-refractivity contribution is -0.116. The molecule has 2 amide bonds. The molecule has 3 rings (SSSR count). The maximum absolute atomic E-state index is 12.6. The minimum atomic E-state index is -0.0141. The first-order valence-electron chi connectivity index (χ1n) is 9.54. The lowest BCUT2D eigenvalue weighted by atomic mass is 9.91. The van der Waals surface area contributed by atoms with Gasteiger partial charge in [-0.1, -0.05) is 29.8 Å². The number of nitrogens with one attached hydrogen (secondary N) is 1. The molecule has 1 fully saturated rings. The van der Waals surface area contributed by atoms with Crippen molar-refractivity contribution in [3.8, 4) is 5.75 Å². The Hall–Kier alpha value is -2.53. The molecule has 2 aromatic rings. The van der Waals surface area contributed by atoms with Gasteiger partial charge in [0, 0.05) is 31.3 Å². The fourth-order valence-corrected chi connectivity index (χ4v) is 3.71. The second kappa shape index (κ2) is 9.60. The van der Waals surface area contributed by atoms with Crippen LogP contribution in [0.3, 0.4) is 0 Å². The minimum Gasteiger partial charge on any atom is -0.497 e. The van der Waals surface area contributed by atoms with E-state index < -0.39 is 0 Å². The summed E-state index contributed by atoms with van der Waals surface area (Å²) in [4.78, 5) is 26.7. The van der Waals surface area contributed by atoms with Crippen molar-refractivity contribution >= 4 is 29.1 Å². The molecule has 0 aromatic heterocycles. The summed E-state index contributed by atoms with van der Waals surface area (Å²) >= 11 is 6.14. The van der Waals surface area contributed by atoms with Gasteiger partial charge in [0.05, 0.1) is 17.7 Å². The van der Waals surface area contributed by atoms with Gasteiger partial charge in [0.15, 0.2) is 0 Å². The third-order valence-corrected chi connectivity index (χ3v) is 5.47. The van der Waals surface area contributed by atoms with Crippen molar-refractivity contribution in [2.45, 2.75) is 25.7 Å². The highest BCUT2D eigenvalue weighted by atomic mass is 35.5. The van der Waals surface area contributed by atoms with Crippen LogP contribution in [0.15, 0.2) is 48.5 Å². The summed E-state index contributed by atoms with van der Waals surface area (Å²) in [6.07, 6.45) is 3.11. The molecule has 0 spiro atoms. The third-order valence-electron chi connectivity index (χ3n) is 5.14. The number of nitrogens with zero attached hydrogens (tertiary/aromatic N) is 1. The van der Waals surface area contributed by atoms with Crippen molar-refractivity contribution in [1.29, 1.82) is 0 Å². The summed E-state index contributed by atoms with van der Waals surface area (Å²) in [6.45, 7) is 1.40. The van der Waals surface area contributed by atoms with Crippen LogP contribution in [0.5, 0.6) is 5.75 Å². The number of carbonyl (C=O) groups is 2. The second-order valence-corrected chi connectivity index (χ2v) is 7.44. The van der Waals surface area contributed by atoms with Crippen molar-refractivity contribution in [3.63, 3.8) is 0 Å². The van der Waals surface area contributed by atoms with Gasteiger partial charge in [-0.3, -0.25) is 9.59 Å². The van der Waals surface area contributed by atoms with Gasteiger partial charge in [-0.25, -0.2) is 0 Å². The van der Waals surface area contributed by atoms with E-state index in [1.54, 1.807) is 25.3 Å². The van der Waals surface area contributed by atoms with Gasteiger partial charge in [-0.05, 0) is 49.4 Å². The van der Waals surface area contributed by atoms with Crippen LogP contribution in [-0.4, -0.2) is 36.9 Å². The van der Waals surface area contributed by atoms with Crippen molar-refractivity contribution in [2.75, 3.05) is 25.5 Å². The van der Waals surface area contributed by atoms with Crippen LogP contribution >= 0.6 is 11.6 Å². The second-order valence-electron chi connectivity index (χ2n) is 7.03. The summed E-state index contributed by atoms with van der Waals surface area (Å²) in [7, 11) is 1.60. The highest BCUT2D eigenvalue weighted by Gasteiger charge is 2.25. The topological polar surface area (TPSA) is 58.6 Å². The number of methoxy groups -OCH3 is 1. The first-order valence-corrected chi connectivity index (χ1v) is 9.92. The van der Waals surface area contributed by atoms with Crippen LogP contribution in [0.1, 0.15) is 36.0 Å². The molecule has 28 heavy (non-hydrogen) atoms. The van der Waals surface area contributed by atoms with E-state index in [4.69, 9.17) is 16.3 Å². The van der Waals surface area contributed by atoms with Crippen molar-refractivity contribution in [2.24, 2.45) is 5.92 Å². The number of amides is 2. The van der Waals surface area contributed by atoms with Gasteiger partial charge in [-0.15, -0.1) is 0 Å². The monoisotopic (exact) mass is 400 g/mol. The molecule has 1 aliphatic rings. The third kappa shape index (κ3) is 5.26. The smallest absolute Gasteiger partial charge is 0.255 e. The molecular formula is C22H25ClN2O3. The lowest BCUT2D eigenvalue weighted by Crippen LogP contribution is -2.38. The Morgan fingerprint density at radius 3 is 2.61 bits per heavy atom. The number of anilines is 1. The number of likely N-dealkylation sites (tertiary alicyclic amines) is 1. The summed E-state index contributed by atoms with van der Waals surface area (Å²) in [5.74, 6) is 1.15. The van der Waals surface area contributed by atoms with E-state index in [-0.39, 0.29) is 11.8 Å². The molecule has 0 bridgehead atoms. The molecule has 148 valence electrons. The number of hydrogen-bond donors (Lipinski definition) is 1. The number of hydrogen-bond acceptors (Lipinski definition) is 3. The molecule has 0 unspecified atom stereocenters. The Kier molecular flexibility index (Phi) is 6.93. The molecule has 0 atom stereocenters. The largest absolute Gasteiger partial charge is 0.497 e. The fraction of sp³-hybridized carbons (Fsp3) is 0.364. The van der Waals surface area contributed by atoms with E-state index in [1.165, 1.54) is 0 Å². The number of piperidine rings is 1. The van der Waals surface area contributed by atoms with E-state index in [9.17, 15) is 9.59 Å². The van der Waals surface area contributed by atoms with E-state index >= 15 is 0 Å². The van der Waals surface area contributed by atoms with Gasteiger partial charge < -0.3 is 15.0 Å². The molecule has 6 heteroatoms. The van der Waals surface area contributed by atoms with Crippen molar-refractivity contribution in [1.82, 2.24) is 4.90 Å².